The van der Waals surface area contributed by atoms with Crippen molar-refractivity contribution in [1.29, 1.82) is 0 Å². The minimum Gasteiger partial charge on any atom is -0.379 e. The first-order valence-corrected chi connectivity index (χ1v) is 10.3. The van der Waals surface area contributed by atoms with Gasteiger partial charge in [-0.1, -0.05) is 12.1 Å². The summed E-state index contributed by atoms with van der Waals surface area (Å²) in [5.74, 6) is -0.473. The standard InChI is InChI=1S/C17H22N4O4S/c1-26(23,24)16-5-3-2-4-15(16)17(22)19-14-12-18-21(13-14)7-6-20-8-10-25-11-9-20/h2-5,12-13H,6-11H2,1H3,(H,19,22). The normalized spacial score (nSPS) is 15.7. The van der Waals surface area contributed by atoms with Crippen molar-refractivity contribution in [2.45, 2.75) is 11.4 Å². The van der Waals surface area contributed by atoms with E-state index in [1.165, 1.54) is 12.1 Å². The maximum Gasteiger partial charge on any atom is 0.257 e. The molecule has 3 rings (SSSR count). The lowest BCUT2D eigenvalue weighted by molar-refractivity contribution is 0.0360. The number of amides is 1. The number of sulfone groups is 1. The van der Waals surface area contributed by atoms with Crippen LogP contribution < -0.4 is 5.32 Å². The fraction of sp³-hybridized carbons (Fsp3) is 0.412. The SMILES string of the molecule is CS(=O)(=O)c1ccccc1C(=O)Nc1cnn(CCN2CCOCC2)c1. The van der Waals surface area contributed by atoms with Crippen LogP contribution in [0.1, 0.15) is 10.4 Å². The van der Waals surface area contributed by atoms with Crippen LogP contribution in [-0.2, 0) is 21.1 Å². The highest BCUT2D eigenvalue weighted by Gasteiger charge is 2.18. The third kappa shape index (κ3) is 4.69. The maximum absolute atomic E-state index is 12.5. The van der Waals surface area contributed by atoms with Gasteiger partial charge in [0.2, 0.25) is 0 Å². The number of carbonyl (C=O) groups excluding carboxylic acids is 1. The molecule has 0 spiro atoms. The van der Waals surface area contributed by atoms with Crippen molar-refractivity contribution in [2.24, 2.45) is 0 Å². The van der Waals surface area contributed by atoms with E-state index in [1.807, 2.05) is 0 Å². The average molecular weight is 378 g/mol. The van der Waals surface area contributed by atoms with Crippen molar-refractivity contribution in [1.82, 2.24) is 14.7 Å². The van der Waals surface area contributed by atoms with Crippen LogP contribution >= 0.6 is 0 Å². The lowest BCUT2D eigenvalue weighted by Crippen LogP contribution is -2.38. The van der Waals surface area contributed by atoms with Gasteiger partial charge in [-0.3, -0.25) is 14.4 Å². The molecule has 8 nitrogen and oxygen atoms in total. The Morgan fingerprint density at radius 3 is 2.69 bits per heavy atom. The van der Waals surface area contributed by atoms with Gasteiger partial charge in [-0.25, -0.2) is 8.42 Å². The van der Waals surface area contributed by atoms with Gasteiger partial charge in [-0.05, 0) is 12.1 Å². The molecule has 2 aromatic rings. The predicted octanol–water partition coefficient (Wildman–Crippen LogP) is 0.871. The van der Waals surface area contributed by atoms with Crippen LogP contribution in [0.4, 0.5) is 5.69 Å². The second kappa shape index (κ2) is 7.98. The summed E-state index contributed by atoms with van der Waals surface area (Å²) >= 11 is 0. The third-order valence-electron chi connectivity index (χ3n) is 4.17. The monoisotopic (exact) mass is 378 g/mol. The maximum atomic E-state index is 12.5. The molecule has 1 aromatic carbocycles. The molecule has 1 fully saturated rings. The van der Waals surface area contributed by atoms with Gasteiger partial charge < -0.3 is 10.1 Å². The number of hydrogen-bond donors (Lipinski definition) is 1. The highest BCUT2D eigenvalue weighted by Crippen LogP contribution is 2.17. The van der Waals surface area contributed by atoms with E-state index in [4.69, 9.17) is 4.74 Å². The van der Waals surface area contributed by atoms with Crippen molar-refractivity contribution in [3.63, 3.8) is 0 Å². The highest BCUT2D eigenvalue weighted by molar-refractivity contribution is 7.90. The van der Waals surface area contributed by atoms with Gasteiger partial charge in [0.05, 0.1) is 42.1 Å². The summed E-state index contributed by atoms with van der Waals surface area (Å²) in [6.07, 6.45) is 4.38. The van der Waals surface area contributed by atoms with Crippen molar-refractivity contribution < 1.29 is 17.9 Å². The molecule has 1 amide bonds. The molecular weight excluding hydrogens is 356 g/mol. The number of aromatic nitrogens is 2. The number of nitrogens with one attached hydrogen (secondary N) is 1. The molecule has 0 unspecified atom stereocenters. The van der Waals surface area contributed by atoms with Crippen LogP contribution in [0.2, 0.25) is 0 Å². The van der Waals surface area contributed by atoms with E-state index in [0.717, 1.165) is 39.1 Å². The summed E-state index contributed by atoms with van der Waals surface area (Å²) in [6.45, 7) is 4.88. The number of morpholine rings is 1. The van der Waals surface area contributed by atoms with Crippen molar-refractivity contribution in [3.05, 3.63) is 42.2 Å². The Morgan fingerprint density at radius 2 is 1.96 bits per heavy atom. The molecule has 1 aromatic heterocycles. The molecule has 0 radical (unpaired) electrons. The van der Waals surface area contributed by atoms with E-state index < -0.39 is 15.7 Å². The summed E-state index contributed by atoms with van der Waals surface area (Å²) < 4.78 is 30.8. The molecule has 2 heterocycles. The third-order valence-corrected chi connectivity index (χ3v) is 5.33. The highest BCUT2D eigenvalue weighted by atomic mass is 32.2. The quantitative estimate of drug-likeness (QED) is 0.802. The van der Waals surface area contributed by atoms with Gasteiger partial charge in [-0.15, -0.1) is 0 Å². The predicted molar refractivity (Wildman–Crippen MR) is 97.0 cm³/mol. The van der Waals surface area contributed by atoms with Crippen LogP contribution in [0.15, 0.2) is 41.6 Å². The molecule has 9 heteroatoms. The Hall–Kier alpha value is -2.23. The zero-order valence-electron chi connectivity index (χ0n) is 14.6. The number of hydrogen-bond acceptors (Lipinski definition) is 6. The van der Waals surface area contributed by atoms with Gasteiger partial charge in [0.25, 0.3) is 5.91 Å². The largest absolute Gasteiger partial charge is 0.379 e. The van der Waals surface area contributed by atoms with Gasteiger partial charge >= 0.3 is 0 Å². The summed E-state index contributed by atoms with van der Waals surface area (Å²) in [5, 5.41) is 6.95. The summed E-state index contributed by atoms with van der Waals surface area (Å²) in [7, 11) is -3.48. The second-order valence-corrected chi connectivity index (χ2v) is 8.15. The molecule has 26 heavy (non-hydrogen) atoms. The first-order valence-electron chi connectivity index (χ1n) is 8.36. The van der Waals surface area contributed by atoms with Crippen LogP contribution in [-0.4, -0.2) is 68.1 Å². The lowest BCUT2D eigenvalue weighted by Gasteiger charge is -2.26. The van der Waals surface area contributed by atoms with E-state index in [0.29, 0.717) is 12.2 Å². The number of ether oxygens (including phenoxy) is 1. The zero-order valence-corrected chi connectivity index (χ0v) is 15.4. The van der Waals surface area contributed by atoms with Gasteiger partial charge in [-0.2, -0.15) is 5.10 Å². The number of anilines is 1. The van der Waals surface area contributed by atoms with E-state index in [1.54, 1.807) is 29.2 Å². The minimum absolute atomic E-state index is 0.0113. The number of nitrogens with zero attached hydrogens (tertiary/aromatic N) is 3. The van der Waals surface area contributed by atoms with Gasteiger partial charge in [0.15, 0.2) is 9.84 Å². The first kappa shape index (κ1) is 18.6. The molecule has 0 atom stereocenters. The van der Waals surface area contributed by atoms with E-state index in [2.05, 4.69) is 15.3 Å². The van der Waals surface area contributed by atoms with Crippen molar-refractivity contribution in [3.8, 4) is 0 Å². The van der Waals surface area contributed by atoms with Crippen molar-refractivity contribution in [2.75, 3.05) is 44.4 Å². The van der Waals surface area contributed by atoms with Crippen molar-refractivity contribution >= 4 is 21.4 Å². The van der Waals surface area contributed by atoms with Crippen LogP contribution in [0.25, 0.3) is 0 Å². The van der Waals surface area contributed by atoms with Crippen LogP contribution in [0, 0.1) is 0 Å². The van der Waals surface area contributed by atoms with E-state index >= 15 is 0 Å². The molecule has 140 valence electrons. The zero-order chi connectivity index (χ0) is 18.6. The molecule has 0 aliphatic carbocycles. The first-order chi connectivity index (χ1) is 12.4. The van der Waals surface area contributed by atoms with Gasteiger partial charge in [0, 0.05) is 32.1 Å². The number of rotatable bonds is 6. The molecule has 1 aliphatic heterocycles. The molecule has 0 saturated carbocycles. The fourth-order valence-electron chi connectivity index (χ4n) is 2.80. The molecule has 1 aliphatic rings. The Kier molecular flexibility index (Phi) is 5.70. The summed E-state index contributed by atoms with van der Waals surface area (Å²) in [4.78, 5) is 14.8. The average Bonchev–Trinajstić information content (AvgIpc) is 3.07. The van der Waals surface area contributed by atoms with E-state index in [-0.39, 0.29) is 10.5 Å². The fourth-order valence-corrected chi connectivity index (χ4v) is 3.68. The number of benzene rings is 1. The molecule has 1 saturated heterocycles. The van der Waals surface area contributed by atoms with Gasteiger partial charge in [0.1, 0.15) is 0 Å². The van der Waals surface area contributed by atoms with Crippen LogP contribution in [0.3, 0.4) is 0 Å². The summed E-state index contributed by atoms with van der Waals surface area (Å²) in [5.41, 5.74) is 0.649. The topological polar surface area (TPSA) is 93.5 Å². The summed E-state index contributed by atoms with van der Waals surface area (Å²) in [6, 6.07) is 6.15. The minimum atomic E-state index is -3.48. The second-order valence-electron chi connectivity index (χ2n) is 6.17. The molecular formula is C17H22N4O4S. The number of carbonyl (C=O) groups is 1. The Labute approximate surface area is 152 Å². The van der Waals surface area contributed by atoms with E-state index in [9.17, 15) is 13.2 Å². The Morgan fingerprint density at radius 1 is 1.23 bits per heavy atom. The lowest BCUT2D eigenvalue weighted by atomic mass is 10.2. The Balaban J connectivity index is 1.63. The Bertz CT molecular complexity index is 872. The molecule has 1 N–H and O–H groups in total. The van der Waals surface area contributed by atoms with Crippen LogP contribution in [0.5, 0.6) is 0 Å². The molecule has 0 bridgehead atoms. The smallest absolute Gasteiger partial charge is 0.257 e.